The molecule has 0 aliphatic carbocycles. The Morgan fingerprint density at radius 1 is 1.38 bits per heavy atom. The van der Waals surface area contributed by atoms with Crippen molar-refractivity contribution in [2.75, 3.05) is 47.0 Å². The standard InChI is InChI=1S/C19H31N3O2/c1-16(18-8-5-4-6-9-18)24-13-7-11-21-19(20-2)22-12-10-17(14-22)15-23-3/h4-6,8-9,16-17H,7,10-15H2,1-3H3,(H,20,21). The topological polar surface area (TPSA) is 46.1 Å². The minimum absolute atomic E-state index is 0.138. The predicted molar refractivity (Wildman–Crippen MR) is 98.3 cm³/mol. The molecule has 0 bridgehead atoms. The molecule has 1 N–H and O–H groups in total. The van der Waals surface area contributed by atoms with Crippen LogP contribution in [0.5, 0.6) is 0 Å². The van der Waals surface area contributed by atoms with E-state index >= 15 is 0 Å². The monoisotopic (exact) mass is 333 g/mol. The molecule has 0 spiro atoms. The van der Waals surface area contributed by atoms with Crippen LogP contribution >= 0.6 is 0 Å². The van der Waals surface area contributed by atoms with E-state index in [-0.39, 0.29) is 6.10 Å². The highest BCUT2D eigenvalue weighted by molar-refractivity contribution is 5.80. The zero-order valence-electron chi connectivity index (χ0n) is 15.2. The van der Waals surface area contributed by atoms with Gasteiger partial charge >= 0.3 is 0 Å². The highest BCUT2D eigenvalue weighted by Gasteiger charge is 2.24. The van der Waals surface area contributed by atoms with Gasteiger partial charge in [0, 0.05) is 46.3 Å². The molecule has 0 radical (unpaired) electrons. The number of ether oxygens (including phenoxy) is 2. The first-order chi connectivity index (χ1) is 11.7. The highest BCUT2D eigenvalue weighted by Crippen LogP contribution is 2.17. The summed E-state index contributed by atoms with van der Waals surface area (Å²) < 4.78 is 11.2. The van der Waals surface area contributed by atoms with E-state index in [1.165, 1.54) is 12.0 Å². The Kier molecular flexibility index (Phi) is 8.05. The molecule has 0 saturated carbocycles. The summed E-state index contributed by atoms with van der Waals surface area (Å²) in [5.74, 6) is 1.60. The predicted octanol–water partition coefficient (Wildman–Crippen LogP) is 2.70. The molecule has 1 aromatic carbocycles. The van der Waals surface area contributed by atoms with Crippen LogP contribution in [-0.4, -0.2) is 57.9 Å². The molecular formula is C19H31N3O2. The Morgan fingerprint density at radius 3 is 2.88 bits per heavy atom. The third kappa shape index (κ3) is 5.80. The van der Waals surface area contributed by atoms with Gasteiger partial charge in [-0.3, -0.25) is 4.99 Å². The molecule has 134 valence electrons. The third-order valence-electron chi connectivity index (χ3n) is 4.44. The second-order valence-corrected chi connectivity index (χ2v) is 6.31. The summed E-state index contributed by atoms with van der Waals surface area (Å²) in [5, 5.41) is 3.44. The van der Waals surface area contributed by atoms with Gasteiger partial charge in [-0.2, -0.15) is 0 Å². The van der Waals surface area contributed by atoms with Gasteiger partial charge in [0.1, 0.15) is 0 Å². The number of hydrogen-bond donors (Lipinski definition) is 1. The van der Waals surface area contributed by atoms with E-state index in [9.17, 15) is 0 Å². The van der Waals surface area contributed by atoms with Crippen LogP contribution in [0.2, 0.25) is 0 Å². The van der Waals surface area contributed by atoms with Crippen LogP contribution in [0.25, 0.3) is 0 Å². The van der Waals surface area contributed by atoms with Crippen LogP contribution in [0, 0.1) is 5.92 Å². The number of guanidine groups is 1. The zero-order chi connectivity index (χ0) is 17.2. The number of hydrogen-bond acceptors (Lipinski definition) is 3. The molecule has 0 aromatic heterocycles. The molecule has 2 unspecified atom stereocenters. The van der Waals surface area contributed by atoms with Crippen LogP contribution in [0.4, 0.5) is 0 Å². The average molecular weight is 333 g/mol. The van der Waals surface area contributed by atoms with Gasteiger partial charge in [-0.15, -0.1) is 0 Å². The summed E-state index contributed by atoms with van der Waals surface area (Å²) in [6.07, 6.45) is 2.27. The van der Waals surface area contributed by atoms with Gasteiger partial charge in [0.25, 0.3) is 0 Å². The van der Waals surface area contributed by atoms with Gasteiger partial charge in [0.05, 0.1) is 12.7 Å². The van der Waals surface area contributed by atoms with Crippen molar-refractivity contribution in [2.24, 2.45) is 10.9 Å². The smallest absolute Gasteiger partial charge is 0.193 e. The number of nitrogens with one attached hydrogen (secondary N) is 1. The number of aliphatic imine (C=N–C) groups is 1. The minimum atomic E-state index is 0.138. The number of methoxy groups -OCH3 is 1. The van der Waals surface area contributed by atoms with Gasteiger partial charge in [-0.05, 0) is 25.3 Å². The summed E-state index contributed by atoms with van der Waals surface area (Å²) in [6, 6.07) is 10.3. The van der Waals surface area contributed by atoms with Crippen LogP contribution in [0.1, 0.15) is 31.4 Å². The lowest BCUT2D eigenvalue weighted by atomic mass is 10.1. The fourth-order valence-electron chi connectivity index (χ4n) is 3.08. The molecule has 1 aromatic rings. The first-order valence-corrected chi connectivity index (χ1v) is 8.85. The van der Waals surface area contributed by atoms with Gasteiger partial charge in [-0.1, -0.05) is 30.3 Å². The molecule has 1 heterocycles. The highest BCUT2D eigenvalue weighted by atomic mass is 16.5. The Hall–Kier alpha value is -1.59. The van der Waals surface area contributed by atoms with E-state index in [2.05, 4.69) is 34.3 Å². The summed E-state index contributed by atoms with van der Waals surface area (Å²) in [7, 11) is 3.62. The van der Waals surface area contributed by atoms with Crippen LogP contribution in [-0.2, 0) is 9.47 Å². The van der Waals surface area contributed by atoms with E-state index in [1.807, 2.05) is 25.2 Å². The summed E-state index contributed by atoms with van der Waals surface area (Å²) in [5.41, 5.74) is 1.22. The normalized spacial score (nSPS) is 19.5. The molecule has 1 aliphatic heterocycles. The molecule has 1 aliphatic rings. The number of likely N-dealkylation sites (tertiary alicyclic amines) is 1. The van der Waals surface area contributed by atoms with Crippen molar-refractivity contribution in [3.8, 4) is 0 Å². The molecule has 24 heavy (non-hydrogen) atoms. The fourth-order valence-corrected chi connectivity index (χ4v) is 3.08. The van der Waals surface area contributed by atoms with Crippen molar-refractivity contribution in [1.82, 2.24) is 10.2 Å². The maximum atomic E-state index is 5.91. The number of benzene rings is 1. The van der Waals surface area contributed by atoms with Crippen LogP contribution < -0.4 is 5.32 Å². The van der Waals surface area contributed by atoms with Crippen molar-refractivity contribution >= 4 is 5.96 Å². The minimum Gasteiger partial charge on any atom is -0.384 e. The Bertz CT molecular complexity index is 493. The number of rotatable bonds is 8. The van der Waals surface area contributed by atoms with E-state index in [0.717, 1.165) is 45.2 Å². The maximum absolute atomic E-state index is 5.91. The van der Waals surface area contributed by atoms with Crippen molar-refractivity contribution in [3.05, 3.63) is 35.9 Å². The second kappa shape index (κ2) is 10.3. The van der Waals surface area contributed by atoms with Crippen LogP contribution in [0.3, 0.4) is 0 Å². The van der Waals surface area contributed by atoms with E-state index < -0.39 is 0 Å². The molecule has 5 heteroatoms. The fraction of sp³-hybridized carbons (Fsp3) is 0.632. The van der Waals surface area contributed by atoms with E-state index in [1.54, 1.807) is 7.11 Å². The quantitative estimate of drug-likeness (QED) is 0.451. The SMILES string of the molecule is CN=C(NCCCOC(C)c1ccccc1)N1CCC(COC)C1. The molecular weight excluding hydrogens is 302 g/mol. The number of nitrogens with zero attached hydrogens (tertiary/aromatic N) is 2. The maximum Gasteiger partial charge on any atom is 0.193 e. The van der Waals surface area contributed by atoms with Crippen molar-refractivity contribution in [2.45, 2.75) is 25.9 Å². The third-order valence-corrected chi connectivity index (χ3v) is 4.44. The summed E-state index contributed by atoms with van der Waals surface area (Å²) in [4.78, 5) is 6.71. The lowest BCUT2D eigenvalue weighted by Crippen LogP contribution is -2.40. The van der Waals surface area contributed by atoms with E-state index in [4.69, 9.17) is 9.47 Å². The van der Waals surface area contributed by atoms with Crippen molar-refractivity contribution in [3.63, 3.8) is 0 Å². The van der Waals surface area contributed by atoms with Crippen molar-refractivity contribution in [1.29, 1.82) is 0 Å². The van der Waals surface area contributed by atoms with Gasteiger partial charge < -0.3 is 19.7 Å². The second-order valence-electron chi connectivity index (χ2n) is 6.31. The summed E-state index contributed by atoms with van der Waals surface area (Å²) in [6.45, 7) is 6.62. The lowest BCUT2D eigenvalue weighted by Gasteiger charge is -2.22. The summed E-state index contributed by atoms with van der Waals surface area (Å²) >= 11 is 0. The zero-order valence-corrected chi connectivity index (χ0v) is 15.2. The van der Waals surface area contributed by atoms with Crippen molar-refractivity contribution < 1.29 is 9.47 Å². The molecule has 0 amide bonds. The molecule has 5 nitrogen and oxygen atoms in total. The van der Waals surface area contributed by atoms with Gasteiger partial charge in [0.2, 0.25) is 0 Å². The Balaban J connectivity index is 1.62. The average Bonchev–Trinajstić information content (AvgIpc) is 3.07. The molecule has 2 atom stereocenters. The lowest BCUT2D eigenvalue weighted by molar-refractivity contribution is 0.0645. The Labute approximate surface area is 146 Å². The Morgan fingerprint density at radius 2 is 2.17 bits per heavy atom. The van der Waals surface area contributed by atoms with Gasteiger partial charge in [-0.25, -0.2) is 0 Å². The largest absolute Gasteiger partial charge is 0.384 e. The van der Waals surface area contributed by atoms with E-state index in [0.29, 0.717) is 5.92 Å². The molecule has 2 rings (SSSR count). The first-order valence-electron chi connectivity index (χ1n) is 8.85. The molecule has 1 saturated heterocycles. The molecule has 1 fully saturated rings. The van der Waals surface area contributed by atoms with Gasteiger partial charge in [0.15, 0.2) is 5.96 Å². The van der Waals surface area contributed by atoms with Crippen LogP contribution in [0.15, 0.2) is 35.3 Å². The first kappa shape index (κ1) is 18.7.